The Morgan fingerprint density at radius 3 is 1.31 bits per heavy atom. The first kappa shape index (κ1) is 23.7. The van der Waals surface area contributed by atoms with Crippen molar-refractivity contribution in [2.24, 2.45) is 0 Å². The van der Waals surface area contributed by atoms with Crippen LogP contribution in [0.25, 0.3) is 0 Å². The van der Waals surface area contributed by atoms with Gasteiger partial charge in [0, 0.05) is 0 Å². The molecule has 1 saturated heterocycles. The van der Waals surface area contributed by atoms with E-state index in [9.17, 15) is 4.79 Å². The van der Waals surface area contributed by atoms with Gasteiger partial charge in [-0.3, -0.25) is 7.32 Å². The van der Waals surface area contributed by atoms with E-state index in [0.29, 0.717) is 13.2 Å². The molecule has 1 rings (SSSR count). The van der Waals surface area contributed by atoms with Gasteiger partial charge in [0.25, 0.3) is 0 Å². The molecule has 0 amide bonds. The zero-order valence-corrected chi connectivity index (χ0v) is 7.94. The van der Waals surface area contributed by atoms with Crippen LogP contribution in [0, 0.1) is 0 Å². The van der Waals surface area contributed by atoms with Gasteiger partial charge in [-0.2, -0.15) is 0 Å². The maximum Gasteiger partial charge on any atom is 1.00 e. The Labute approximate surface area is 112 Å². The molecule has 0 radical (unpaired) electrons. The fourth-order valence-corrected chi connectivity index (χ4v) is 0.292. The molecule has 0 bridgehead atoms. The number of carbonyl (C=O) groups excluding carboxylic acids is 1. The molecule has 13 heavy (non-hydrogen) atoms. The van der Waals surface area contributed by atoms with E-state index in [-0.39, 0.29) is 56.6 Å². The number of carbonyl (C=O) groups is 1. The summed E-state index contributed by atoms with van der Waals surface area (Å²) in [6.07, 6.45) is -0.546. The fourth-order valence-electron chi connectivity index (χ4n) is 0.292. The van der Waals surface area contributed by atoms with Gasteiger partial charge in [0.15, 0.2) is 0 Å². The molecule has 1 fully saturated rings. The summed E-state index contributed by atoms with van der Waals surface area (Å²) in [5, 5.41) is 25.2. The number of cyclic esters (lactones) is 2. The van der Waals surface area contributed by atoms with Crippen LogP contribution >= 0.6 is 0 Å². The van der Waals surface area contributed by atoms with Crippen molar-refractivity contribution in [3.8, 4) is 0 Å². The summed E-state index contributed by atoms with van der Waals surface area (Å²) in [6.45, 7) is 0.831. The average molecular weight is 168 g/mol. The second-order valence-corrected chi connectivity index (χ2v) is 1.24. The molecule has 0 aliphatic carbocycles. The van der Waals surface area contributed by atoms with Crippen molar-refractivity contribution >= 4 is 13.5 Å². The van der Waals surface area contributed by atoms with Crippen LogP contribution in [-0.2, 0) is 9.47 Å². The molecule has 0 aromatic rings. The molecule has 6 nitrogen and oxygen atoms in total. The minimum atomic E-state index is -2.92. The van der Waals surface area contributed by atoms with Crippen LogP contribution in [0.5, 0.6) is 0 Å². The largest absolute Gasteiger partial charge is 1.00 e. The molecule has 1 aliphatic rings. The minimum Gasteiger partial charge on any atom is -0.907 e. The third-order valence-electron chi connectivity index (χ3n) is 0.523. The minimum absolute atomic E-state index is 0. The fraction of sp³-hybridized carbons (Fsp3) is 0.667. The smallest absolute Gasteiger partial charge is 0.907 e. The van der Waals surface area contributed by atoms with E-state index in [1.165, 1.54) is 0 Å². The van der Waals surface area contributed by atoms with E-state index in [4.69, 9.17) is 15.1 Å². The van der Waals surface area contributed by atoms with E-state index in [1.807, 2.05) is 0 Å². The van der Waals surface area contributed by atoms with Gasteiger partial charge in [-0.25, -0.2) is 4.79 Å². The van der Waals surface area contributed by atoms with Crippen LogP contribution in [0.2, 0.25) is 0 Å². The molecule has 0 aromatic carbocycles. The van der Waals surface area contributed by atoms with Gasteiger partial charge in [-0.15, -0.1) is 0 Å². The summed E-state index contributed by atoms with van der Waals surface area (Å²) < 4.78 is 8.58. The van der Waals surface area contributed by atoms with Crippen molar-refractivity contribution < 1.29 is 85.9 Å². The number of rotatable bonds is 0. The normalized spacial score (nSPS) is 11.2. The Balaban J connectivity index is -0.0000000536. The maximum absolute atomic E-state index is 9.80. The van der Waals surface area contributed by atoms with E-state index < -0.39 is 13.5 Å². The van der Waals surface area contributed by atoms with Crippen molar-refractivity contribution in [3.63, 3.8) is 0 Å². The van der Waals surface area contributed by atoms with Crippen LogP contribution in [0.1, 0.15) is 0 Å². The van der Waals surface area contributed by atoms with Gasteiger partial charge in [0.05, 0.1) is 0 Å². The van der Waals surface area contributed by atoms with Crippen molar-refractivity contribution in [1.29, 1.82) is 0 Å². The second-order valence-electron chi connectivity index (χ2n) is 1.24. The predicted molar refractivity (Wildman–Crippen MR) is 23.1 cm³/mol. The molecule has 0 spiro atoms. The van der Waals surface area contributed by atoms with Crippen molar-refractivity contribution in [2.75, 3.05) is 13.2 Å². The molecular formula is C3H4BLi3O6. The summed E-state index contributed by atoms with van der Waals surface area (Å²) in [6, 6.07) is 0. The first-order valence-electron chi connectivity index (χ1n) is 2.40. The van der Waals surface area contributed by atoms with Gasteiger partial charge >= 0.3 is 62.7 Å². The van der Waals surface area contributed by atoms with Crippen molar-refractivity contribution in [1.82, 2.24) is 0 Å². The Hall–Kier alpha value is 1.01. The summed E-state index contributed by atoms with van der Waals surface area (Å²) in [7, 11) is -2.92. The first-order valence-corrected chi connectivity index (χ1v) is 2.40. The van der Waals surface area contributed by atoms with Crippen LogP contribution in [0.3, 0.4) is 0 Å². The zero-order valence-electron chi connectivity index (χ0n) is 7.94. The molecule has 58 valence electrons. The summed E-state index contributed by atoms with van der Waals surface area (Å²) in [5.41, 5.74) is 0. The standard InChI is InChI=1S/C3H4O3.BO3.3Li/c4-3-5-1-2-6-3;2-1(3)4;;;/h1-2H2;;;;/q;-3;3*+1. The van der Waals surface area contributed by atoms with Crippen LogP contribution < -0.4 is 71.7 Å². The monoisotopic (exact) mass is 168 g/mol. The number of hydrogen-bond acceptors (Lipinski definition) is 6. The van der Waals surface area contributed by atoms with Gasteiger partial charge in [0.1, 0.15) is 13.2 Å². The molecular weight excluding hydrogens is 164 g/mol. The Morgan fingerprint density at radius 2 is 1.23 bits per heavy atom. The first-order chi connectivity index (χ1) is 4.63. The second kappa shape index (κ2) is 15.5. The summed E-state index contributed by atoms with van der Waals surface area (Å²) in [4.78, 5) is 9.80. The molecule has 0 atom stereocenters. The third-order valence-corrected chi connectivity index (χ3v) is 0.523. The summed E-state index contributed by atoms with van der Waals surface area (Å²) in [5.74, 6) is 0. The number of hydrogen-bond donors (Lipinski definition) is 0. The molecule has 1 heterocycles. The predicted octanol–water partition coefficient (Wildman–Crippen LogP) is -12.8. The zero-order chi connectivity index (χ0) is 7.98. The van der Waals surface area contributed by atoms with Crippen LogP contribution in [0.4, 0.5) is 4.79 Å². The molecule has 10 heteroatoms. The molecule has 0 saturated carbocycles. The maximum atomic E-state index is 9.80. The van der Waals surface area contributed by atoms with Gasteiger partial charge in [-0.1, -0.05) is 0 Å². The van der Waals surface area contributed by atoms with E-state index in [1.54, 1.807) is 0 Å². The van der Waals surface area contributed by atoms with Crippen molar-refractivity contribution in [2.45, 2.75) is 0 Å². The topological polar surface area (TPSA) is 105 Å². The SMILES string of the molecule is O=C1OCCO1.[Li+].[Li+].[Li+].[O-]B([O-])[O-]. The molecule has 0 unspecified atom stereocenters. The van der Waals surface area contributed by atoms with E-state index in [0.717, 1.165) is 0 Å². The van der Waals surface area contributed by atoms with Crippen molar-refractivity contribution in [3.05, 3.63) is 0 Å². The molecule has 0 N–H and O–H groups in total. The van der Waals surface area contributed by atoms with Crippen LogP contribution in [0.15, 0.2) is 0 Å². The third kappa shape index (κ3) is 24.6. The Kier molecular flexibility index (Phi) is 28.2. The Bertz CT molecular complexity index is 103. The quantitative estimate of drug-likeness (QED) is 0.262. The molecule has 1 aliphatic heterocycles. The Morgan fingerprint density at radius 1 is 1.00 bits per heavy atom. The summed E-state index contributed by atoms with van der Waals surface area (Å²) >= 11 is 0. The van der Waals surface area contributed by atoms with Gasteiger partial charge < -0.3 is 24.5 Å². The average Bonchev–Trinajstić information content (AvgIpc) is 2.15. The number of ether oxygens (including phenoxy) is 2. The van der Waals surface area contributed by atoms with E-state index >= 15 is 0 Å². The van der Waals surface area contributed by atoms with Gasteiger partial charge in [-0.05, 0) is 0 Å². The van der Waals surface area contributed by atoms with Gasteiger partial charge in [0.2, 0.25) is 0 Å². The molecule has 0 aromatic heterocycles. The van der Waals surface area contributed by atoms with E-state index in [2.05, 4.69) is 9.47 Å². The van der Waals surface area contributed by atoms with Crippen LogP contribution in [-0.4, -0.2) is 26.7 Å².